The van der Waals surface area contributed by atoms with Crippen LogP contribution in [0.2, 0.25) is 0 Å². The summed E-state index contributed by atoms with van der Waals surface area (Å²) < 4.78 is 0. The normalized spacial score (nSPS) is 13.9. The van der Waals surface area contributed by atoms with E-state index in [4.69, 9.17) is 5.26 Å². The molecule has 6 nitrogen and oxygen atoms in total. The third kappa shape index (κ3) is 5.20. The van der Waals surface area contributed by atoms with E-state index in [2.05, 4.69) is 16.3 Å². The van der Waals surface area contributed by atoms with Gasteiger partial charge in [-0.3, -0.25) is 14.5 Å². The van der Waals surface area contributed by atoms with Crippen LogP contribution in [0.15, 0.2) is 78.9 Å². The van der Waals surface area contributed by atoms with Gasteiger partial charge in [0.05, 0.1) is 11.6 Å². The zero-order valence-electron chi connectivity index (χ0n) is 17.7. The zero-order valence-corrected chi connectivity index (χ0v) is 17.7. The number of hydrogen-bond donors (Lipinski definition) is 1. The lowest BCUT2D eigenvalue weighted by molar-refractivity contribution is 0.0628. The Morgan fingerprint density at radius 3 is 2.09 bits per heavy atom. The number of rotatable bonds is 5. The molecule has 0 aliphatic carbocycles. The van der Waals surface area contributed by atoms with Crippen LogP contribution in [0.3, 0.4) is 0 Å². The minimum atomic E-state index is -0.178. The van der Waals surface area contributed by atoms with Crippen molar-refractivity contribution in [2.75, 3.05) is 31.5 Å². The van der Waals surface area contributed by atoms with Gasteiger partial charge in [0.1, 0.15) is 0 Å². The molecule has 0 atom stereocenters. The minimum absolute atomic E-state index is 0.00367. The van der Waals surface area contributed by atoms with Crippen LogP contribution in [0.4, 0.5) is 5.69 Å². The molecule has 0 radical (unpaired) electrons. The molecule has 0 unspecified atom stereocenters. The first kappa shape index (κ1) is 21.3. The molecule has 160 valence electrons. The standard InChI is InChI=1S/C26H24N4O2/c27-18-20-6-8-21(9-7-20)19-29-14-16-30(17-15-29)26(32)23-10-12-24(13-11-23)28-25(31)22-4-2-1-3-5-22/h1-13H,14-17,19H2,(H,28,31). The maximum atomic E-state index is 12.9. The maximum absolute atomic E-state index is 12.9. The maximum Gasteiger partial charge on any atom is 0.255 e. The van der Waals surface area contributed by atoms with Crippen molar-refractivity contribution in [3.8, 4) is 6.07 Å². The Morgan fingerprint density at radius 2 is 1.47 bits per heavy atom. The zero-order chi connectivity index (χ0) is 22.3. The highest BCUT2D eigenvalue weighted by molar-refractivity contribution is 6.04. The van der Waals surface area contributed by atoms with Gasteiger partial charge in [0.25, 0.3) is 11.8 Å². The number of carbonyl (C=O) groups excluding carboxylic acids is 2. The number of nitrogens with one attached hydrogen (secondary N) is 1. The number of nitriles is 1. The van der Waals surface area contributed by atoms with Crippen molar-refractivity contribution in [2.24, 2.45) is 0 Å². The fraction of sp³-hybridized carbons (Fsp3) is 0.192. The van der Waals surface area contributed by atoms with Crippen molar-refractivity contribution in [3.63, 3.8) is 0 Å². The van der Waals surface area contributed by atoms with Gasteiger partial charge in [-0.25, -0.2) is 0 Å². The van der Waals surface area contributed by atoms with Gasteiger partial charge >= 0.3 is 0 Å². The van der Waals surface area contributed by atoms with Crippen LogP contribution in [0.25, 0.3) is 0 Å². The van der Waals surface area contributed by atoms with E-state index in [0.717, 1.165) is 25.2 Å². The number of nitrogens with zero attached hydrogens (tertiary/aromatic N) is 3. The van der Waals surface area contributed by atoms with Crippen LogP contribution < -0.4 is 5.32 Å². The first-order valence-electron chi connectivity index (χ1n) is 10.6. The van der Waals surface area contributed by atoms with E-state index in [1.807, 2.05) is 47.4 Å². The number of hydrogen-bond acceptors (Lipinski definition) is 4. The molecule has 1 fully saturated rings. The molecule has 0 bridgehead atoms. The highest BCUT2D eigenvalue weighted by Gasteiger charge is 2.22. The van der Waals surface area contributed by atoms with E-state index in [1.54, 1.807) is 36.4 Å². The Kier molecular flexibility index (Phi) is 6.59. The largest absolute Gasteiger partial charge is 0.336 e. The summed E-state index contributed by atoms with van der Waals surface area (Å²) in [6.07, 6.45) is 0. The Bertz CT molecular complexity index is 1110. The number of anilines is 1. The quantitative estimate of drug-likeness (QED) is 0.677. The van der Waals surface area contributed by atoms with E-state index in [1.165, 1.54) is 0 Å². The highest BCUT2D eigenvalue weighted by atomic mass is 16.2. The van der Waals surface area contributed by atoms with Crippen LogP contribution >= 0.6 is 0 Å². The van der Waals surface area contributed by atoms with Gasteiger partial charge in [0.2, 0.25) is 0 Å². The Morgan fingerprint density at radius 1 is 0.812 bits per heavy atom. The number of amides is 2. The minimum Gasteiger partial charge on any atom is -0.336 e. The molecule has 4 rings (SSSR count). The SMILES string of the molecule is N#Cc1ccc(CN2CCN(C(=O)c3ccc(NC(=O)c4ccccc4)cc3)CC2)cc1. The monoisotopic (exact) mass is 424 g/mol. The molecular weight excluding hydrogens is 400 g/mol. The number of carbonyl (C=O) groups is 2. The second-order valence-electron chi connectivity index (χ2n) is 7.77. The molecule has 1 saturated heterocycles. The molecule has 6 heteroatoms. The van der Waals surface area contributed by atoms with Crippen LogP contribution in [0.5, 0.6) is 0 Å². The van der Waals surface area contributed by atoms with Crippen molar-refractivity contribution < 1.29 is 9.59 Å². The number of benzene rings is 3. The predicted octanol–water partition coefficient (Wildman–Crippen LogP) is 3.77. The fourth-order valence-electron chi connectivity index (χ4n) is 3.72. The van der Waals surface area contributed by atoms with Gasteiger partial charge in [0.15, 0.2) is 0 Å². The lowest BCUT2D eigenvalue weighted by Crippen LogP contribution is -2.48. The van der Waals surface area contributed by atoms with Gasteiger partial charge in [-0.2, -0.15) is 5.26 Å². The van der Waals surface area contributed by atoms with Crippen molar-refractivity contribution in [1.82, 2.24) is 9.80 Å². The van der Waals surface area contributed by atoms with E-state index in [-0.39, 0.29) is 11.8 Å². The summed E-state index contributed by atoms with van der Waals surface area (Å²) >= 11 is 0. The molecule has 1 aliphatic heterocycles. The van der Waals surface area contributed by atoms with Crippen molar-refractivity contribution in [2.45, 2.75) is 6.54 Å². The Labute approximate surface area is 187 Å². The third-order valence-electron chi connectivity index (χ3n) is 5.57. The van der Waals surface area contributed by atoms with Gasteiger partial charge in [-0.15, -0.1) is 0 Å². The summed E-state index contributed by atoms with van der Waals surface area (Å²) in [4.78, 5) is 29.3. The second kappa shape index (κ2) is 9.90. The first-order chi connectivity index (χ1) is 15.6. The second-order valence-corrected chi connectivity index (χ2v) is 7.77. The van der Waals surface area contributed by atoms with Crippen LogP contribution in [-0.2, 0) is 6.54 Å². The summed E-state index contributed by atoms with van der Waals surface area (Å²) in [5.41, 5.74) is 3.68. The Hall–Kier alpha value is -3.95. The lowest BCUT2D eigenvalue weighted by Gasteiger charge is -2.34. The average molecular weight is 425 g/mol. The molecule has 3 aromatic carbocycles. The average Bonchev–Trinajstić information content (AvgIpc) is 2.85. The summed E-state index contributed by atoms with van der Waals surface area (Å²) in [7, 11) is 0. The summed E-state index contributed by atoms with van der Waals surface area (Å²) in [5.74, 6) is -0.174. The van der Waals surface area contributed by atoms with Gasteiger partial charge < -0.3 is 10.2 Å². The molecule has 0 aromatic heterocycles. The third-order valence-corrected chi connectivity index (χ3v) is 5.57. The fourth-order valence-corrected chi connectivity index (χ4v) is 3.72. The molecule has 2 amide bonds. The molecule has 0 spiro atoms. The van der Waals surface area contributed by atoms with E-state index >= 15 is 0 Å². The molecule has 3 aromatic rings. The lowest BCUT2D eigenvalue weighted by atomic mass is 10.1. The van der Waals surface area contributed by atoms with E-state index < -0.39 is 0 Å². The molecule has 1 aliphatic rings. The van der Waals surface area contributed by atoms with Crippen LogP contribution in [0.1, 0.15) is 31.8 Å². The Balaban J connectivity index is 1.29. The predicted molar refractivity (Wildman–Crippen MR) is 123 cm³/mol. The molecule has 1 heterocycles. The van der Waals surface area contributed by atoms with Crippen LogP contribution in [-0.4, -0.2) is 47.8 Å². The summed E-state index contributed by atoms with van der Waals surface area (Å²) in [6.45, 7) is 3.75. The highest BCUT2D eigenvalue weighted by Crippen LogP contribution is 2.15. The first-order valence-corrected chi connectivity index (χ1v) is 10.6. The van der Waals surface area contributed by atoms with Crippen molar-refractivity contribution in [3.05, 3.63) is 101 Å². The van der Waals surface area contributed by atoms with Crippen molar-refractivity contribution >= 4 is 17.5 Å². The molecular formula is C26H24N4O2. The van der Waals surface area contributed by atoms with Gasteiger partial charge in [-0.1, -0.05) is 30.3 Å². The van der Waals surface area contributed by atoms with E-state index in [9.17, 15) is 9.59 Å². The van der Waals surface area contributed by atoms with Gasteiger partial charge in [-0.05, 0) is 54.1 Å². The smallest absolute Gasteiger partial charge is 0.255 e. The summed E-state index contributed by atoms with van der Waals surface area (Å²) in [5, 5.41) is 11.8. The molecule has 0 saturated carbocycles. The van der Waals surface area contributed by atoms with Crippen LogP contribution in [0, 0.1) is 11.3 Å². The molecule has 1 N–H and O–H groups in total. The van der Waals surface area contributed by atoms with Crippen molar-refractivity contribution in [1.29, 1.82) is 5.26 Å². The number of piperazine rings is 1. The molecule has 32 heavy (non-hydrogen) atoms. The topological polar surface area (TPSA) is 76.4 Å². The van der Waals surface area contributed by atoms with Gasteiger partial charge in [0, 0.05) is 49.5 Å². The van der Waals surface area contributed by atoms with E-state index in [0.29, 0.717) is 35.5 Å². The summed E-state index contributed by atoms with van der Waals surface area (Å²) in [6, 6.07) is 25.8.